The SMILES string of the molecule is CCC(C)(CC(=O)c1ccccc1)c1ccccc1. The van der Waals surface area contributed by atoms with Crippen molar-refractivity contribution in [3.8, 4) is 0 Å². The molecule has 2 aromatic rings. The van der Waals surface area contributed by atoms with Crippen LogP contribution in [0.2, 0.25) is 0 Å². The summed E-state index contributed by atoms with van der Waals surface area (Å²) in [7, 11) is 0. The van der Waals surface area contributed by atoms with Crippen molar-refractivity contribution in [2.75, 3.05) is 0 Å². The highest BCUT2D eigenvalue weighted by atomic mass is 16.1. The molecule has 0 aromatic heterocycles. The molecular weight excluding hydrogens is 232 g/mol. The van der Waals surface area contributed by atoms with E-state index in [1.54, 1.807) is 0 Å². The minimum Gasteiger partial charge on any atom is -0.294 e. The average Bonchev–Trinajstić information content (AvgIpc) is 2.49. The Labute approximate surface area is 115 Å². The lowest BCUT2D eigenvalue weighted by molar-refractivity contribution is 0.0952. The maximum atomic E-state index is 12.4. The molecule has 0 saturated heterocycles. The van der Waals surface area contributed by atoms with Gasteiger partial charge in [0.1, 0.15) is 0 Å². The lowest BCUT2D eigenvalue weighted by Crippen LogP contribution is -2.25. The van der Waals surface area contributed by atoms with Crippen LogP contribution in [0.4, 0.5) is 0 Å². The molecule has 2 rings (SSSR count). The molecule has 0 radical (unpaired) electrons. The molecule has 0 aliphatic rings. The van der Waals surface area contributed by atoms with E-state index in [-0.39, 0.29) is 11.2 Å². The van der Waals surface area contributed by atoms with Gasteiger partial charge in [0.25, 0.3) is 0 Å². The Kier molecular flexibility index (Phi) is 4.16. The maximum absolute atomic E-state index is 12.4. The van der Waals surface area contributed by atoms with E-state index in [4.69, 9.17) is 0 Å². The molecule has 0 spiro atoms. The number of hydrogen-bond acceptors (Lipinski definition) is 1. The van der Waals surface area contributed by atoms with Gasteiger partial charge in [0, 0.05) is 12.0 Å². The monoisotopic (exact) mass is 252 g/mol. The van der Waals surface area contributed by atoms with Gasteiger partial charge in [-0.1, -0.05) is 74.5 Å². The highest BCUT2D eigenvalue weighted by Gasteiger charge is 2.27. The van der Waals surface area contributed by atoms with Gasteiger partial charge < -0.3 is 0 Å². The van der Waals surface area contributed by atoms with Gasteiger partial charge in [-0.2, -0.15) is 0 Å². The minimum atomic E-state index is -0.0891. The quantitative estimate of drug-likeness (QED) is 0.709. The summed E-state index contributed by atoms with van der Waals surface area (Å²) in [6, 6.07) is 19.9. The Bertz CT molecular complexity index is 530. The molecule has 1 nitrogen and oxygen atoms in total. The Hall–Kier alpha value is -1.89. The molecule has 0 heterocycles. The Morgan fingerprint density at radius 1 is 0.947 bits per heavy atom. The number of rotatable bonds is 5. The van der Waals surface area contributed by atoms with Gasteiger partial charge in [0.15, 0.2) is 5.78 Å². The molecule has 19 heavy (non-hydrogen) atoms. The molecule has 0 aliphatic carbocycles. The highest BCUT2D eigenvalue weighted by Crippen LogP contribution is 2.32. The molecule has 1 atom stereocenters. The number of benzene rings is 2. The number of carbonyl (C=O) groups excluding carboxylic acids is 1. The minimum absolute atomic E-state index is 0.0891. The van der Waals surface area contributed by atoms with E-state index in [2.05, 4.69) is 26.0 Å². The Balaban J connectivity index is 2.22. The normalized spacial score (nSPS) is 13.8. The number of carbonyl (C=O) groups is 1. The van der Waals surface area contributed by atoms with E-state index >= 15 is 0 Å². The predicted molar refractivity (Wildman–Crippen MR) is 79.5 cm³/mol. The van der Waals surface area contributed by atoms with E-state index in [9.17, 15) is 4.79 Å². The molecule has 0 N–H and O–H groups in total. The lowest BCUT2D eigenvalue weighted by atomic mass is 9.75. The summed E-state index contributed by atoms with van der Waals surface area (Å²) in [4.78, 5) is 12.4. The van der Waals surface area contributed by atoms with Gasteiger partial charge in [-0.15, -0.1) is 0 Å². The van der Waals surface area contributed by atoms with Crippen LogP contribution >= 0.6 is 0 Å². The molecule has 0 amide bonds. The van der Waals surface area contributed by atoms with Gasteiger partial charge in [0.2, 0.25) is 0 Å². The van der Waals surface area contributed by atoms with Gasteiger partial charge in [-0.05, 0) is 17.4 Å². The molecule has 0 aliphatic heterocycles. The van der Waals surface area contributed by atoms with E-state index in [1.165, 1.54) is 5.56 Å². The molecule has 0 fully saturated rings. The van der Waals surface area contributed by atoms with Crippen LogP contribution in [0.1, 0.15) is 42.6 Å². The fraction of sp³-hybridized carbons (Fsp3) is 0.278. The third kappa shape index (κ3) is 3.11. The van der Waals surface area contributed by atoms with Gasteiger partial charge in [0.05, 0.1) is 0 Å². The summed E-state index contributed by atoms with van der Waals surface area (Å²) < 4.78 is 0. The lowest BCUT2D eigenvalue weighted by Gasteiger charge is -2.28. The summed E-state index contributed by atoms with van der Waals surface area (Å²) >= 11 is 0. The molecule has 2 aromatic carbocycles. The fourth-order valence-corrected chi connectivity index (χ4v) is 2.35. The van der Waals surface area contributed by atoms with E-state index in [1.807, 2.05) is 48.5 Å². The fourth-order valence-electron chi connectivity index (χ4n) is 2.35. The molecule has 98 valence electrons. The summed E-state index contributed by atoms with van der Waals surface area (Å²) in [6.45, 7) is 4.31. The summed E-state index contributed by atoms with van der Waals surface area (Å²) in [5, 5.41) is 0. The zero-order chi connectivity index (χ0) is 13.7. The summed E-state index contributed by atoms with van der Waals surface area (Å²) in [5.41, 5.74) is 1.95. The molecule has 0 saturated carbocycles. The molecule has 0 bridgehead atoms. The van der Waals surface area contributed by atoms with Crippen molar-refractivity contribution in [3.05, 3.63) is 71.8 Å². The standard InChI is InChI=1S/C18H20O/c1-3-18(2,16-12-8-5-9-13-16)14-17(19)15-10-6-4-7-11-15/h4-13H,3,14H2,1-2H3. The van der Waals surface area contributed by atoms with Crippen LogP contribution in [0.5, 0.6) is 0 Å². The van der Waals surface area contributed by atoms with Crippen LogP contribution in [0.15, 0.2) is 60.7 Å². The van der Waals surface area contributed by atoms with E-state index < -0.39 is 0 Å². The van der Waals surface area contributed by atoms with Gasteiger partial charge >= 0.3 is 0 Å². The highest BCUT2D eigenvalue weighted by molar-refractivity contribution is 5.96. The van der Waals surface area contributed by atoms with Crippen molar-refractivity contribution in [2.24, 2.45) is 0 Å². The first-order chi connectivity index (χ1) is 9.15. The first-order valence-electron chi connectivity index (χ1n) is 6.79. The van der Waals surface area contributed by atoms with Gasteiger partial charge in [-0.25, -0.2) is 0 Å². The number of Topliss-reactive ketones (excluding diaryl/α,β-unsaturated/α-hetero) is 1. The van der Waals surface area contributed by atoms with Crippen molar-refractivity contribution >= 4 is 5.78 Å². The number of ketones is 1. The van der Waals surface area contributed by atoms with Crippen LogP contribution in [-0.2, 0) is 5.41 Å². The van der Waals surface area contributed by atoms with Crippen molar-refractivity contribution in [1.29, 1.82) is 0 Å². The zero-order valence-corrected chi connectivity index (χ0v) is 11.6. The smallest absolute Gasteiger partial charge is 0.163 e. The number of hydrogen-bond donors (Lipinski definition) is 0. The Morgan fingerprint density at radius 2 is 1.47 bits per heavy atom. The van der Waals surface area contributed by atoms with Crippen LogP contribution in [-0.4, -0.2) is 5.78 Å². The predicted octanol–water partition coefficient (Wildman–Crippen LogP) is 4.63. The second-order valence-electron chi connectivity index (χ2n) is 5.25. The largest absolute Gasteiger partial charge is 0.294 e. The summed E-state index contributed by atoms with van der Waals surface area (Å²) in [6.07, 6.45) is 1.51. The average molecular weight is 252 g/mol. The van der Waals surface area contributed by atoms with Crippen LogP contribution < -0.4 is 0 Å². The van der Waals surface area contributed by atoms with Crippen molar-refractivity contribution < 1.29 is 4.79 Å². The van der Waals surface area contributed by atoms with E-state index in [0.717, 1.165) is 12.0 Å². The van der Waals surface area contributed by atoms with Crippen molar-refractivity contribution in [1.82, 2.24) is 0 Å². The molecular formula is C18H20O. The first-order valence-corrected chi connectivity index (χ1v) is 6.79. The van der Waals surface area contributed by atoms with Crippen molar-refractivity contribution in [3.63, 3.8) is 0 Å². The second kappa shape index (κ2) is 5.83. The van der Waals surface area contributed by atoms with E-state index in [0.29, 0.717) is 6.42 Å². The topological polar surface area (TPSA) is 17.1 Å². The zero-order valence-electron chi connectivity index (χ0n) is 11.6. The second-order valence-corrected chi connectivity index (χ2v) is 5.25. The van der Waals surface area contributed by atoms with Crippen LogP contribution in [0.3, 0.4) is 0 Å². The van der Waals surface area contributed by atoms with Gasteiger partial charge in [-0.3, -0.25) is 4.79 Å². The third-order valence-corrected chi connectivity index (χ3v) is 3.90. The first kappa shape index (κ1) is 13.5. The third-order valence-electron chi connectivity index (χ3n) is 3.90. The maximum Gasteiger partial charge on any atom is 0.163 e. The van der Waals surface area contributed by atoms with Crippen LogP contribution in [0, 0.1) is 0 Å². The molecule has 1 unspecified atom stereocenters. The Morgan fingerprint density at radius 3 is 2.00 bits per heavy atom. The summed E-state index contributed by atoms with van der Waals surface area (Å²) in [5.74, 6) is 0.216. The molecule has 1 heteroatoms. The van der Waals surface area contributed by atoms with Crippen LogP contribution in [0.25, 0.3) is 0 Å². The van der Waals surface area contributed by atoms with Crippen molar-refractivity contribution in [2.45, 2.75) is 32.1 Å².